The molecule has 192 valence electrons. The summed E-state index contributed by atoms with van der Waals surface area (Å²) in [6.45, 7) is 4.27. The number of methoxy groups -OCH3 is 1. The molecule has 1 amide bonds. The van der Waals surface area contributed by atoms with Gasteiger partial charge >= 0.3 is 6.18 Å². The van der Waals surface area contributed by atoms with Crippen molar-refractivity contribution >= 4 is 34.1 Å². The molecule has 1 aliphatic rings. The van der Waals surface area contributed by atoms with E-state index in [0.717, 1.165) is 30.8 Å². The normalized spacial score (nSPS) is 14.6. The van der Waals surface area contributed by atoms with Crippen LogP contribution in [0.15, 0.2) is 42.6 Å². The number of hydrogen-bond acceptors (Lipinski definition) is 6. The van der Waals surface area contributed by atoms with Crippen molar-refractivity contribution in [1.29, 1.82) is 0 Å². The van der Waals surface area contributed by atoms with Crippen molar-refractivity contribution in [3.63, 3.8) is 0 Å². The summed E-state index contributed by atoms with van der Waals surface area (Å²) in [6, 6.07) is 8.55. The van der Waals surface area contributed by atoms with Crippen LogP contribution in [0.3, 0.4) is 0 Å². The summed E-state index contributed by atoms with van der Waals surface area (Å²) < 4.78 is 50.2. The molecule has 0 saturated carbocycles. The summed E-state index contributed by atoms with van der Waals surface area (Å²) in [5.41, 5.74) is 0.757. The van der Waals surface area contributed by atoms with E-state index in [1.54, 1.807) is 12.1 Å². The van der Waals surface area contributed by atoms with E-state index in [0.29, 0.717) is 48.1 Å². The zero-order valence-electron chi connectivity index (χ0n) is 19.6. The molecule has 0 spiro atoms. The number of hydrogen-bond donors (Lipinski definition) is 2. The first kappa shape index (κ1) is 26.0. The Kier molecular flexibility index (Phi) is 8.17. The molecule has 0 radical (unpaired) electrons. The average molecular weight is 523 g/mol. The minimum absolute atomic E-state index is 0.130. The lowest BCUT2D eigenvalue weighted by molar-refractivity contribution is -0.137. The number of aromatic nitrogens is 1. The summed E-state index contributed by atoms with van der Waals surface area (Å²) >= 11 is 6.22. The second-order valence-electron chi connectivity index (χ2n) is 8.31. The number of fused-ring (bicyclic) bond motifs is 1. The number of morpholine rings is 1. The molecule has 1 aromatic heterocycles. The van der Waals surface area contributed by atoms with Crippen molar-refractivity contribution in [2.24, 2.45) is 0 Å². The van der Waals surface area contributed by atoms with Crippen LogP contribution in [-0.4, -0.2) is 62.3 Å². The second kappa shape index (κ2) is 11.3. The highest BCUT2D eigenvalue weighted by Crippen LogP contribution is 2.34. The van der Waals surface area contributed by atoms with Gasteiger partial charge in [-0.2, -0.15) is 13.2 Å². The Morgan fingerprint density at radius 1 is 1.19 bits per heavy atom. The van der Waals surface area contributed by atoms with Gasteiger partial charge in [0.2, 0.25) is 0 Å². The quantitative estimate of drug-likeness (QED) is 0.451. The van der Waals surface area contributed by atoms with Crippen molar-refractivity contribution in [2.75, 3.05) is 51.8 Å². The molecule has 1 saturated heterocycles. The zero-order valence-corrected chi connectivity index (χ0v) is 20.4. The highest BCUT2D eigenvalue weighted by Gasteiger charge is 2.31. The van der Waals surface area contributed by atoms with Crippen LogP contribution in [0.25, 0.3) is 10.9 Å². The lowest BCUT2D eigenvalue weighted by Crippen LogP contribution is -2.41. The Morgan fingerprint density at radius 2 is 1.97 bits per heavy atom. The molecule has 11 heteroatoms. The number of anilines is 1. The van der Waals surface area contributed by atoms with Gasteiger partial charge in [-0.15, -0.1) is 0 Å². The number of carbonyl (C=O) groups is 1. The van der Waals surface area contributed by atoms with Gasteiger partial charge in [0.25, 0.3) is 5.91 Å². The summed E-state index contributed by atoms with van der Waals surface area (Å²) in [7, 11) is 1.52. The maximum Gasteiger partial charge on any atom is 0.416 e. The third-order valence-corrected chi connectivity index (χ3v) is 6.24. The second-order valence-corrected chi connectivity index (χ2v) is 8.72. The fourth-order valence-electron chi connectivity index (χ4n) is 3.99. The minimum atomic E-state index is -4.50. The van der Waals surface area contributed by atoms with E-state index < -0.39 is 11.7 Å². The van der Waals surface area contributed by atoms with E-state index in [9.17, 15) is 18.0 Å². The van der Waals surface area contributed by atoms with Crippen LogP contribution in [0.1, 0.15) is 21.5 Å². The van der Waals surface area contributed by atoms with Crippen molar-refractivity contribution in [1.82, 2.24) is 15.2 Å². The lowest BCUT2D eigenvalue weighted by Gasteiger charge is -2.26. The van der Waals surface area contributed by atoms with Gasteiger partial charge in [-0.3, -0.25) is 14.7 Å². The first-order valence-electron chi connectivity index (χ1n) is 11.4. The Balaban J connectivity index is 1.59. The first-order valence-corrected chi connectivity index (χ1v) is 11.8. The number of amides is 1. The fourth-order valence-corrected chi connectivity index (χ4v) is 4.27. The van der Waals surface area contributed by atoms with Crippen LogP contribution >= 0.6 is 11.6 Å². The van der Waals surface area contributed by atoms with Crippen LogP contribution in [-0.2, 0) is 17.5 Å². The lowest BCUT2D eigenvalue weighted by atomic mass is 10.1. The molecule has 1 aliphatic heterocycles. The molecule has 0 bridgehead atoms. The Labute approximate surface area is 211 Å². The van der Waals surface area contributed by atoms with Crippen molar-refractivity contribution in [3.8, 4) is 5.75 Å². The van der Waals surface area contributed by atoms with E-state index in [-0.39, 0.29) is 23.5 Å². The molecule has 2 heterocycles. The number of nitrogens with zero attached hydrogens (tertiary/aromatic N) is 2. The van der Waals surface area contributed by atoms with Crippen molar-refractivity contribution in [3.05, 3.63) is 64.3 Å². The van der Waals surface area contributed by atoms with Crippen LogP contribution in [0.2, 0.25) is 5.02 Å². The average Bonchev–Trinajstić information content (AvgIpc) is 2.87. The van der Waals surface area contributed by atoms with Gasteiger partial charge in [0.05, 0.1) is 47.7 Å². The maximum absolute atomic E-state index is 13.2. The monoisotopic (exact) mass is 522 g/mol. The Hall–Kier alpha value is -3.08. The number of rotatable bonds is 8. The summed E-state index contributed by atoms with van der Waals surface area (Å²) in [5.74, 6) is 0.155. The molecule has 4 rings (SSSR count). The smallest absolute Gasteiger partial charge is 0.416 e. The van der Waals surface area contributed by atoms with Gasteiger partial charge in [0.15, 0.2) is 0 Å². The third-order valence-electron chi connectivity index (χ3n) is 5.94. The number of halogens is 4. The fraction of sp³-hybridized carbons (Fsp3) is 0.360. The number of nitrogens with one attached hydrogen (secondary N) is 2. The largest absolute Gasteiger partial charge is 0.495 e. The van der Waals surface area contributed by atoms with Gasteiger partial charge in [0, 0.05) is 44.3 Å². The number of alkyl halides is 3. The van der Waals surface area contributed by atoms with Gasteiger partial charge < -0.3 is 20.1 Å². The predicted octanol–water partition coefficient (Wildman–Crippen LogP) is 4.59. The topological polar surface area (TPSA) is 75.7 Å². The van der Waals surface area contributed by atoms with Gasteiger partial charge in [-0.25, -0.2) is 0 Å². The third kappa shape index (κ3) is 6.18. The predicted molar refractivity (Wildman–Crippen MR) is 132 cm³/mol. The molecular formula is C25H26ClF3N4O3. The van der Waals surface area contributed by atoms with Gasteiger partial charge in [-0.1, -0.05) is 23.7 Å². The van der Waals surface area contributed by atoms with Crippen LogP contribution in [0.4, 0.5) is 18.9 Å². The molecule has 7 nitrogen and oxygen atoms in total. The molecule has 0 atom stereocenters. The molecule has 0 aliphatic carbocycles. The van der Waals surface area contributed by atoms with E-state index in [2.05, 4.69) is 20.5 Å². The van der Waals surface area contributed by atoms with Gasteiger partial charge in [-0.05, 0) is 29.8 Å². The van der Waals surface area contributed by atoms with E-state index in [1.165, 1.54) is 19.4 Å². The van der Waals surface area contributed by atoms with Crippen LogP contribution < -0.4 is 15.4 Å². The Bertz CT molecular complexity index is 1230. The first-order chi connectivity index (χ1) is 17.3. The summed E-state index contributed by atoms with van der Waals surface area (Å²) in [5, 5.41) is 6.93. The number of carbonyl (C=O) groups excluding carboxylic acids is 1. The molecule has 1 fully saturated rings. The minimum Gasteiger partial charge on any atom is -0.495 e. The molecule has 2 N–H and O–H groups in total. The summed E-state index contributed by atoms with van der Waals surface area (Å²) in [6.07, 6.45) is -3.20. The number of pyridine rings is 1. The SMILES string of the molecule is COc1ccc(CNc2c(C(=O)NCCN3CCOCC3)cnc3cc(C(F)(F)F)ccc23)cc1Cl. The molecular weight excluding hydrogens is 497 g/mol. The number of benzene rings is 2. The molecule has 36 heavy (non-hydrogen) atoms. The van der Waals surface area contributed by atoms with E-state index >= 15 is 0 Å². The number of ether oxygens (including phenoxy) is 2. The maximum atomic E-state index is 13.2. The summed E-state index contributed by atoms with van der Waals surface area (Å²) in [4.78, 5) is 19.4. The highest BCUT2D eigenvalue weighted by molar-refractivity contribution is 6.32. The van der Waals surface area contributed by atoms with E-state index in [1.807, 2.05) is 6.07 Å². The molecule has 0 unspecified atom stereocenters. The Morgan fingerprint density at radius 3 is 2.67 bits per heavy atom. The van der Waals surface area contributed by atoms with E-state index in [4.69, 9.17) is 21.1 Å². The molecule has 3 aromatic rings. The highest BCUT2D eigenvalue weighted by atomic mass is 35.5. The van der Waals surface area contributed by atoms with Gasteiger partial charge in [0.1, 0.15) is 5.75 Å². The zero-order chi connectivity index (χ0) is 25.7. The van der Waals surface area contributed by atoms with Crippen LogP contribution in [0, 0.1) is 0 Å². The van der Waals surface area contributed by atoms with Crippen LogP contribution in [0.5, 0.6) is 5.75 Å². The standard InChI is InChI=1S/C25H26ClF3N4O3/c1-35-22-5-2-16(12-20(22)26)14-32-23-18-4-3-17(25(27,28)29)13-21(18)31-15-19(23)24(34)30-6-7-33-8-10-36-11-9-33/h2-5,12-13,15H,6-11,14H2,1H3,(H,30,34)(H,31,32). The molecule has 2 aromatic carbocycles. The van der Waals surface area contributed by atoms with Crippen molar-refractivity contribution < 1.29 is 27.4 Å². The van der Waals surface area contributed by atoms with Crippen molar-refractivity contribution in [2.45, 2.75) is 12.7 Å².